The molecule has 1 atom stereocenters. The van der Waals surface area contributed by atoms with Crippen molar-refractivity contribution in [2.75, 3.05) is 19.6 Å². The number of benzene rings is 1. The molecule has 4 nitrogen and oxygen atoms in total. The van der Waals surface area contributed by atoms with Crippen LogP contribution in [0.25, 0.3) is 0 Å². The van der Waals surface area contributed by atoms with Crippen LogP contribution in [0, 0.1) is 5.41 Å². The summed E-state index contributed by atoms with van der Waals surface area (Å²) in [7, 11) is 0. The first-order chi connectivity index (χ1) is 9.98. The topological polar surface area (TPSA) is 50.4 Å². The van der Waals surface area contributed by atoms with E-state index in [1.54, 1.807) is 6.07 Å². The Morgan fingerprint density at radius 3 is 2.95 bits per heavy atom. The maximum atomic E-state index is 12.3. The van der Waals surface area contributed by atoms with E-state index in [1.165, 1.54) is 6.42 Å². The molecule has 1 unspecified atom stereocenters. The van der Waals surface area contributed by atoms with Crippen molar-refractivity contribution in [3.63, 3.8) is 0 Å². The van der Waals surface area contributed by atoms with E-state index in [0.29, 0.717) is 12.1 Å². The first-order valence-electron chi connectivity index (χ1n) is 7.74. The summed E-state index contributed by atoms with van der Waals surface area (Å²) >= 11 is 0. The SMILES string of the molecule is CC(C)Oc1cccc(C(=O)NCC2(C)CCCNC2)c1. The van der Waals surface area contributed by atoms with E-state index < -0.39 is 0 Å². The first kappa shape index (κ1) is 15.8. The molecule has 1 amide bonds. The Morgan fingerprint density at radius 2 is 2.29 bits per heavy atom. The van der Waals surface area contributed by atoms with Crippen molar-refractivity contribution in [3.8, 4) is 5.75 Å². The molecular weight excluding hydrogens is 264 g/mol. The average molecular weight is 290 g/mol. The van der Waals surface area contributed by atoms with Gasteiger partial charge in [-0.25, -0.2) is 0 Å². The molecule has 1 saturated heterocycles. The van der Waals surface area contributed by atoms with Crippen molar-refractivity contribution in [1.82, 2.24) is 10.6 Å². The van der Waals surface area contributed by atoms with Gasteiger partial charge in [-0.15, -0.1) is 0 Å². The van der Waals surface area contributed by atoms with E-state index in [-0.39, 0.29) is 17.4 Å². The second-order valence-electron chi connectivity index (χ2n) is 6.47. The normalized spacial score (nSPS) is 22.1. The van der Waals surface area contributed by atoms with E-state index in [2.05, 4.69) is 17.6 Å². The van der Waals surface area contributed by atoms with E-state index in [0.717, 1.165) is 25.3 Å². The summed E-state index contributed by atoms with van der Waals surface area (Å²) in [6.07, 6.45) is 2.43. The van der Waals surface area contributed by atoms with Gasteiger partial charge >= 0.3 is 0 Å². The van der Waals surface area contributed by atoms with Crippen molar-refractivity contribution < 1.29 is 9.53 Å². The standard InChI is InChI=1S/C17H26N2O2/c1-13(2)21-15-7-4-6-14(10-15)16(20)19-12-17(3)8-5-9-18-11-17/h4,6-7,10,13,18H,5,8-9,11-12H2,1-3H3,(H,19,20). The summed E-state index contributed by atoms with van der Waals surface area (Å²) in [5.74, 6) is 0.708. The van der Waals surface area contributed by atoms with Gasteiger partial charge in [0.1, 0.15) is 5.75 Å². The van der Waals surface area contributed by atoms with E-state index in [9.17, 15) is 4.79 Å². The molecule has 0 bridgehead atoms. The number of carbonyl (C=O) groups is 1. The summed E-state index contributed by atoms with van der Waals surface area (Å²) in [4.78, 5) is 12.3. The maximum absolute atomic E-state index is 12.3. The largest absolute Gasteiger partial charge is 0.491 e. The molecule has 2 rings (SSSR count). The van der Waals surface area contributed by atoms with Gasteiger partial charge in [0.05, 0.1) is 6.10 Å². The van der Waals surface area contributed by atoms with Gasteiger partial charge in [0.25, 0.3) is 5.91 Å². The number of ether oxygens (including phenoxy) is 1. The Hall–Kier alpha value is -1.55. The number of piperidine rings is 1. The van der Waals surface area contributed by atoms with Gasteiger partial charge in [0.2, 0.25) is 0 Å². The van der Waals surface area contributed by atoms with Crippen LogP contribution in [0.2, 0.25) is 0 Å². The monoisotopic (exact) mass is 290 g/mol. The van der Waals surface area contributed by atoms with Crippen molar-refractivity contribution in [2.45, 2.75) is 39.7 Å². The zero-order valence-corrected chi connectivity index (χ0v) is 13.2. The molecule has 1 aliphatic rings. The number of carbonyl (C=O) groups excluding carboxylic acids is 1. The van der Waals surface area contributed by atoms with Gasteiger partial charge < -0.3 is 15.4 Å². The minimum Gasteiger partial charge on any atom is -0.491 e. The second-order valence-corrected chi connectivity index (χ2v) is 6.47. The van der Waals surface area contributed by atoms with E-state index >= 15 is 0 Å². The predicted molar refractivity (Wildman–Crippen MR) is 84.7 cm³/mol. The highest BCUT2D eigenvalue weighted by atomic mass is 16.5. The third-order valence-corrected chi connectivity index (χ3v) is 3.83. The number of hydrogen-bond acceptors (Lipinski definition) is 3. The zero-order valence-electron chi connectivity index (χ0n) is 13.2. The molecule has 21 heavy (non-hydrogen) atoms. The summed E-state index contributed by atoms with van der Waals surface area (Å²) in [6.45, 7) is 8.92. The van der Waals surface area contributed by atoms with Crippen molar-refractivity contribution >= 4 is 5.91 Å². The highest BCUT2D eigenvalue weighted by Crippen LogP contribution is 2.24. The third kappa shape index (κ3) is 4.74. The Balaban J connectivity index is 1.93. The Kier molecular flexibility index (Phi) is 5.23. The van der Waals surface area contributed by atoms with Crippen molar-refractivity contribution in [1.29, 1.82) is 0 Å². The van der Waals surface area contributed by atoms with Gasteiger partial charge in [-0.2, -0.15) is 0 Å². The third-order valence-electron chi connectivity index (χ3n) is 3.83. The fourth-order valence-corrected chi connectivity index (χ4v) is 2.65. The lowest BCUT2D eigenvalue weighted by Crippen LogP contribution is -2.45. The molecular formula is C17H26N2O2. The smallest absolute Gasteiger partial charge is 0.251 e. The molecule has 116 valence electrons. The lowest BCUT2D eigenvalue weighted by Gasteiger charge is -2.34. The van der Waals surface area contributed by atoms with Gasteiger partial charge in [0.15, 0.2) is 0 Å². The highest BCUT2D eigenvalue weighted by molar-refractivity contribution is 5.94. The number of nitrogens with one attached hydrogen (secondary N) is 2. The second kappa shape index (κ2) is 6.94. The van der Waals surface area contributed by atoms with Gasteiger partial charge in [-0.05, 0) is 56.8 Å². The molecule has 1 heterocycles. The van der Waals surface area contributed by atoms with Crippen LogP contribution in [0.1, 0.15) is 44.0 Å². The molecule has 1 aromatic rings. The molecule has 2 N–H and O–H groups in total. The summed E-state index contributed by atoms with van der Waals surface area (Å²) in [5, 5.41) is 6.45. The van der Waals surface area contributed by atoms with Crippen LogP contribution in [0.15, 0.2) is 24.3 Å². The highest BCUT2D eigenvalue weighted by Gasteiger charge is 2.27. The molecule has 1 aromatic carbocycles. The lowest BCUT2D eigenvalue weighted by molar-refractivity contribution is 0.0924. The predicted octanol–water partition coefficient (Wildman–Crippen LogP) is 2.59. The summed E-state index contributed by atoms with van der Waals surface area (Å²) in [6, 6.07) is 7.36. The van der Waals surface area contributed by atoms with Crippen LogP contribution in [-0.2, 0) is 0 Å². The lowest BCUT2D eigenvalue weighted by atomic mass is 9.83. The number of rotatable bonds is 5. The van der Waals surface area contributed by atoms with Crippen LogP contribution >= 0.6 is 0 Å². The minimum absolute atomic E-state index is 0.0315. The number of amides is 1. The molecule has 0 radical (unpaired) electrons. The van der Waals surface area contributed by atoms with Crippen LogP contribution in [-0.4, -0.2) is 31.6 Å². The van der Waals surface area contributed by atoms with Crippen LogP contribution in [0.5, 0.6) is 5.75 Å². The van der Waals surface area contributed by atoms with Gasteiger partial charge in [-0.1, -0.05) is 13.0 Å². The molecule has 4 heteroatoms. The minimum atomic E-state index is -0.0315. The Morgan fingerprint density at radius 1 is 1.48 bits per heavy atom. The maximum Gasteiger partial charge on any atom is 0.251 e. The molecule has 0 saturated carbocycles. The molecule has 0 spiro atoms. The summed E-state index contributed by atoms with van der Waals surface area (Å²) < 4.78 is 5.63. The van der Waals surface area contributed by atoms with Gasteiger partial charge in [-0.3, -0.25) is 4.79 Å². The van der Waals surface area contributed by atoms with Crippen LogP contribution in [0.4, 0.5) is 0 Å². The molecule has 0 aromatic heterocycles. The van der Waals surface area contributed by atoms with E-state index in [1.807, 2.05) is 32.0 Å². The van der Waals surface area contributed by atoms with Crippen LogP contribution in [0.3, 0.4) is 0 Å². The van der Waals surface area contributed by atoms with Gasteiger partial charge in [0, 0.05) is 18.7 Å². The Bertz CT molecular complexity index is 479. The molecule has 0 aliphatic carbocycles. The quantitative estimate of drug-likeness (QED) is 0.876. The first-order valence-corrected chi connectivity index (χ1v) is 7.74. The average Bonchev–Trinajstić information content (AvgIpc) is 2.45. The number of hydrogen-bond donors (Lipinski definition) is 2. The van der Waals surface area contributed by atoms with Crippen molar-refractivity contribution in [2.24, 2.45) is 5.41 Å². The fourth-order valence-electron chi connectivity index (χ4n) is 2.65. The zero-order chi connectivity index (χ0) is 15.3. The summed E-state index contributed by atoms with van der Waals surface area (Å²) in [5.41, 5.74) is 0.806. The van der Waals surface area contributed by atoms with Crippen molar-refractivity contribution in [3.05, 3.63) is 29.8 Å². The molecule has 1 aliphatic heterocycles. The van der Waals surface area contributed by atoms with Crippen LogP contribution < -0.4 is 15.4 Å². The van der Waals surface area contributed by atoms with E-state index in [4.69, 9.17) is 4.74 Å². The Labute approximate surface area is 127 Å². The molecule has 1 fully saturated rings. The fraction of sp³-hybridized carbons (Fsp3) is 0.588.